The van der Waals surface area contributed by atoms with E-state index in [0.717, 1.165) is 11.4 Å². The molecule has 0 aliphatic carbocycles. The van der Waals surface area contributed by atoms with Gasteiger partial charge in [-0.15, -0.1) is 0 Å². The van der Waals surface area contributed by atoms with Crippen molar-refractivity contribution in [1.29, 1.82) is 0 Å². The fraction of sp³-hybridized carbons (Fsp3) is 0.214. The molecule has 4 nitrogen and oxygen atoms in total. The molecule has 0 unspecified atom stereocenters. The van der Waals surface area contributed by atoms with Gasteiger partial charge in [-0.05, 0) is 44.2 Å². The number of benzene rings is 1. The largest absolute Gasteiger partial charge is 0.491 e. The lowest BCUT2D eigenvalue weighted by Crippen LogP contribution is -2.11. The molecule has 2 aromatic rings. The Bertz CT molecular complexity index is 500. The van der Waals surface area contributed by atoms with Gasteiger partial charge in [0.05, 0.1) is 17.9 Å². The molecule has 1 heterocycles. The third-order valence-corrected chi connectivity index (χ3v) is 2.27. The predicted octanol–water partition coefficient (Wildman–Crippen LogP) is 3.32. The summed E-state index contributed by atoms with van der Waals surface area (Å²) in [6.07, 6.45) is 3.01. The molecule has 0 bridgehead atoms. The molecule has 0 saturated heterocycles. The first-order valence-corrected chi connectivity index (χ1v) is 5.75. The van der Waals surface area contributed by atoms with Crippen molar-refractivity contribution in [1.82, 2.24) is 0 Å². The number of carbonyl (C=O) groups excluding carboxylic acids is 1. The van der Waals surface area contributed by atoms with Crippen LogP contribution < -0.4 is 10.1 Å². The number of furan rings is 1. The van der Waals surface area contributed by atoms with Crippen LogP contribution in [0.3, 0.4) is 0 Å². The van der Waals surface area contributed by atoms with Gasteiger partial charge in [0.2, 0.25) is 0 Å². The second-order valence-electron chi connectivity index (χ2n) is 4.16. The van der Waals surface area contributed by atoms with E-state index >= 15 is 0 Å². The minimum Gasteiger partial charge on any atom is -0.491 e. The zero-order chi connectivity index (χ0) is 13.0. The summed E-state index contributed by atoms with van der Waals surface area (Å²) in [5, 5.41) is 2.77. The Labute approximate surface area is 106 Å². The number of amides is 1. The number of ether oxygens (including phenoxy) is 1. The fourth-order valence-electron chi connectivity index (χ4n) is 1.49. The van der Waals surface area contributed by atoms with Crippen LogP contribution in [0.2, 0.25) is 0 Å². The highest BCUT2D eigenvalue weighted by Gasteiger charge is 2.07. The fourth-order valence-corrected chi connectivity index (χ4v) is 1.49. The molecule has 18 heavy (non-hydrogen) atoms. The number of rotatable bonds is 4. The van der Waals surface area contributed by atoms with Crippen molar-refractivity contribution >= 4 is 11.6 Å². The van der Waals surface area contributed by atoms with Gasteiger partial charge in [-0.25, -0.2) is 0 Å². The van der Waals surface area contributed by atoms with Gasteiger partial charge in [-0.2, -0.15) is 0 Å². The van der Waals surface area contributed by atoms with Crippen LogP contribution in [0.15, 0.2) is 47.3 Å². The van der Waals surface area contributed by atoms with E-state index < -0.39 is 0 Å². The van der Waals surface area contributed by atoms with Gasteiger partial charge in [-0.1, -0.05) is 0 Å². The average Bonchev–Trinajstić information content (AvgIpc) is 2.84. The normalized spacial score (nSPS) is 10.4. The van der Waals surface area contributed by atoms with E-state index in [1.807, 2.05) is 26.0 Å². The van der Waals surface area contributed by atoms with Crippen molar-refractivity contribution in [2.45, 2.75) is 20.0 Å². The van der Waals surface area contributed by atoms with Crippen LogP contribution in [0, 0.1) is 0 Å². The molecule has 1 aromatic heterocycles. The highest BCUT2D eigenvalue weighted by atomic mass is 16.5. The van der Waals surface area contributed by atoms with E-state index in [9.17, 15) is 4.79 Å². The number of anilines is 1. The van der Waals surface area contributed by atoms with Crippen molar-refractivity contribution < 1.29 is 13.9 Å². The molecule has 0 spiro atoms. The molecule has 0 atom stereocenters. The Balaban J connectivity index is 2.00. The summed E-state index contributed by atoms with van der Waals surface area (Å²) in [6.45, 7) is 3.93. The van der Waals surface area contributed by atoms with E-state index in [1.54, 1.807) is 18.2 Å². The zero-order valence-electron chi connectivity index (χ0n) is 10.3. The van der Waals surface area contributed by atoms with Crippen molar-refractivity contribution in [3.05, 3.63) is 48.4 Å². The average molecular weight is 245 g/mol. The van der Waals surface area contributed by atoms with Gasteiger partial charge in [0.25, 0.3) is 5.91 Å². The molecule has 94 valence electrons. The van der Waals surface area contributed by atoms with Gasteiger partial charge in [0.15, 0.2) is 0 Å². The molecule has 4 heteroatoms. The smallest absolute Gasteiger partial charge is 0.258 e. The molecule has 1 amide bonds. The number of carbonyl (C=O) groups is 1. The van der Waals surface area contributed by atoms with Crippen LogP contribution in [-0.2, 0) is 0 Å². The molecule has 1 aromatic carbocycles. The topological polar surface area (TPSA) is 51.5 Å². The van der Waals surface area contributed by atoms with Crippen molar-refractivity contribution in [2.75, 3.05) is 5.32 Å². The summed E-state index contributed by atoms with van der Waals surface area (Å²) in [7, 11) is 0. The van der Waals surface area contributed by atoms with Crippen molar-refractivity contribution in [3.8, 4) is 5.75 Å². The van der Waals surface area contributed by atoms with E-state index in [0.29, 0.717) is 5.56 Å². The van der Waals surface area contributed by atoms with Crippen molar-refractivity contribution in [3.63, 3.8) is 0 Å². The molecule has 0 aliphatic heterocycles. The van der Waals surface area contributed by atoms with E-state index in [2.05, 4.69) is 5.32 Å². The molecule has 0 fully saturated rings. The standard InChI is InChI=1S/C14H15NO3/c1-10(2)18-13-5-3-12(4-6-13)15-14(16)11-7-8-17-9-11/h3-10H,1-2H3,(H,15,16). The summed E-state index contributed by atoms with van der Waals surface area (Å²) in [5.74, 6) is 0.590. The lowest BCUT2D eigenvalue weighted by molar-refractivity contribution is 0.102. The Morgan fingerprint density at radius 3 is 2.50 bits per heavy atom. The molecular weight excluding hydrogens is 230 g/mol. The van der Waals surface area contributed by atoms with Crippen LogP contribution >= 0.6 is 0 Å². The lowest BCUT2D eigenvalue weighted by Gasteiger charge is -2.10. The predicted molar refractivity (Wildman–Crippen MR) is 68.9 cm³/mol. The first kappa shape index (κ1) is 12.2. The summed E-state index contributed by atoms with van der Waals surface area (Å²) in [6, 6.07) is 8.87. The maximum absolute atomic E-state index is 11.7. The highest BCUT2D eigenvalue weighted by Crippen LogP contribution is 2.17. The number of hydrogen-bond acceptors (Lipinski definition) is 3. The SMILES string of the molecule is CC(C)Oc1ccc(NC(=O)c2ccoc2)cc1. The molecule has 1 N–H and O–H groups in total. The zero-order valence-corrected chi connectivity index (χ0v) is 10.3. The maximum Gasteiger partial charge on any atom is 0.258 e. The van der Waals surface area contributed by atoms with Gasteiger partial charge >= 0.3 is 0 Å². The minimum atomic E-state index is -0.193. The van der Waals surface area contributed by atoms with Crippen molar-refractivity contribution in [2.24, 2.45) is 0 Å². The van der Waals surface area contributed by atoms with Crippen LogP contribution in [0.1, 0.15) is 24.2 Å². The molecule has 0 saturated carbocycles. The molecule has 0 radical (unpaired) electrons. The third kappa shape index (κ3) is 3.13. The second kappa shape index (κ2) is 5.40. The number of hydrogen-bond donors (Lipinski definition) is 1. The van der Waals surface area contributed by atoms with Crippen LogP contribution in [0.4, 0.5) is 5.69 Å². The monoisotopic (exact) mass is 245 g/mol. The third-order valence-electron chi connectivity index (χ3n) is 2.27. The van der Waals surface area contributed by atoms with E-state index in [-0.39, 0.29) is 12.0 Å². The Kier molecular flexibility index (Phi) is 3.67. The van der Waals surface area contributed by atoms with Gasteiger partial charge in [-0.3, -0.25) is 4.79 Å². The summed E-state index contributed by atoms with van der Waals surface area (Å²) >= 11 is 0. The molecule has 0 aliphatic rings. The Morgan fingerprint density at radius 2 is 1.94 bits per heavy atom. The first-order chi connectivity index (χ1) is 8.65. The van der Waals surface area contributed by atoms with Crippen LogP contribution in [0.25, 0.3) is 0 Å². The van der Waals surface area contributed by atoms with Crippen LogP contribution in [0.5, 0.6) is 5.75 Å². The Hall–Kier alpha value is -2.23. The summed E-state index contributed by atoms with van der Waals surface area (Å²) in [5.41, 5.74) is 1.22. The Morgan fingerprint density at radius 1 is 1.22 bits per heavy atom. The maximum atomic E-state index is 11.7. The van der Waals surface area contributed by atoms with Gasteiger partial charge in [0, 0.05) is 5.69 Å². The number of nitrogens with one attached hydrogen (secondary N) is 1. The lowest BCUT2D eigenvalue weighted by atomic mass is 10.2. The first-order valence-electron chi connectivity index (χ1n) is 5.75. The van der Waals surface area contributed by atoms with E-state index in [4.69, 9.17) is 9.15 Å². The molecular formula is C14H15NO3. The van der Waals surface area contributed by atoms with Gasteiger partial charge < -0.3 is 14.5 Å². The van der Waals surface area contributed by atoms with E-state index in [1.165, 1.54) is 12.5 Å². The summed E-state index contributed by atoms with van der Waals surface area (Å²) < 4.78 is 10.4. The molecule has 2 rings (SSSR count). The second-order valence-corrected chi connectivity index (χ2v) is 4.16. The quantitative estimate of drug-likeness (QED) is 0.898. The van der Waals surface area contributed by atoms with Crippen LogP contribution in [-0.4, -0.2) is 12.0 Å². The highest BCUT2D eigenvalue weighted by molar-refractivity contribution is 6.03. The van der Waals surface area contributed by atoms with Gasteiger partial charge in [0.1, 0.15) is 12.0 Å². The summed E-state index contributed by atoms with van der Waals surface area (Å²) in [4.78, 5) is 11.7. The minimum absolute atomic E-state index is 0.136.